The molecule has 4 aliphatic heterocycles. The van der Waals surface area contributed by atoms with Crippen LogP contribution in [0, 0.1) is 0 Å². The van der Waals surface area contributed by atoms with Gasteiger partial charge in [0.05, 0.1) is 32.0 Å². The summed E-state index contributed by atoms with van der Waals surface area (Å²) in [6.45, 7) is -3.58. The van der Waals surface area contributed by atoms with Crippen molar-refractivity contribution >= 4 is 5.97 Å². The molecule has 4 saturated heterocycles. The average Bonchev–Trinajstić information content (AvgIpc) is 3.18. The van der Waals surface area contributed by atoms with Crippen LogP contribution in [0.1, 0.15) is 10.4 Å². The van der Waals surface area contributed by atoms with E-state index in [0.717, 1.165) is 0 Å². The molecule has 0 aliphatic carbocycles. The van der Waals surface area contributed by atoms with Gasteiger partial charge in [0.25, 0.3) is 0 Å². The Morgan fingerprint density at radius 3 is 1.48 bits per heavy atom. The van der Waals surface area contributed by atoms with E-state index in [-0.39, 0.29) is 5.56 Å². The normalized spacial score (nSPS) is 45.9. The van der Waals surface area contributed by atoms with Crippen molar-refractivity contribution in [3.8, 4) is 0 Å². The van der Waals surface area contributed by atoms with Crippen molar-refractivity contribution in [2.75, 3.05) is 26.4 Å². The summed E-state index contributed by atoms with van der Waals surface area (Å²) < 4.78 is 38.8. The third-order valence-electron chi connectivity index (χ3n) is 9.42. The monoisotopic (exact) mass is 786 g/mol. The van der Waals surface area contributed by atoms with E-state index in [1.54, 1.807) is 6.07 Å². The van der Waals surface area contributed by atoms with Crippen LogP contribution in [0.25, 0.3) is 0 Å². The molecule has 13 N–H and O–H groups in total. The van der Waals surface area contributed by atoms with Crippen LogP contribution in [0.15, 0.2) is 30.3 Å². The Bertz CT molecular complexity index is 1310. The summed E-state index contributed by atoms with van der Waals surface area (Å²) in [5.74, 6) is -1.07. The lowest BCUT2D eigenvalue weighted by molar-refractivity contribution is -0.418. The fourth-order valence-electron chi connectivity index (χ4n) is 6.36. The summed E-state index contributed by atoms with van der Waals surface area (Å²) in [6.07, 6.45) is -36.5. The number of benzene rings is 1. The van der Waals surface area contributed by atoms with Crippen LogP contribution >= 0.6 is 0 Å². The third-order valence-corrected chi connectivity index (χ3v) is 9.42. The fraction of sp³-hybridized carbons (Fsp3) is 0.774. The number of carbonyl (C=O) groups excluding carboxylic acids is 1. The van der Waals surface area contributed by atoms with Crippen molar-refractivity contribution in [3.63, 3.8) is 0 Å². The molecule has 4 aliphatic rings. The number of hydrogen-bond acceptors (Lipinski definition) is 23. The number of rotatable bonds is 13. The van der Waals surface area contributed by atoms with E-state index < -0.39 is 155 Å². The summed E-state index contributed by atoms with van der Waals surface area (Å²) >= 11 is 0. The van der Waals surface area contributed by atoms with Crippen LogP contribution < -0.4 is 0 Å². The highest BCUT2D eigenvalue weighted by Crippen LogP contribution is 2.35. The Hall–Kier alpha value is -2.15. The predicted octanol–water partition coefficient (Wildman–Crippen LogP) is -7.95. The van der Waals surface area contributed by atoms with Gasteiger partial charge in [-0.1, -0.05) is 18.2 Å². The van der Waals surface area contributed by atoms with Crippen molar-refractivity contribution in [2.45, 2.75) is 123 Å². The van der Waals surface area contributed by atoms with Crippen molar-refractivity contribution in [3.05, 3.63) is 35.9 Å². The zero-order valence-electron chi connectivity index (χ0n) is 28.2. The minimum absolute atomic E-state index is 0.000901. The molecule has 0 spiro atoms. The number of carbonyl (C=O) groups is 1. The van der Waals surface area contributed by atoms with Gasteiger partial charge in [-0.2, -0.15) is 4.89 Å². The number of hydrogen-bond donors (Lipinski definition) is 13. The van der Waals surface area contributed by atoms with Crippen molar-refractivity contribution in [1.29, 1.82) is 0 Å². The first-order valence-corrected chi connectivity index (χ1v) is 16.8. The Balaban J connectivity index is 1.35. The highest BCUT2D eigenvalue weighted by Gasteiger charge is 2.56. The Morgan fingerprint density at radius 1 is 0.481 bits per heavy atom. The summed E-state index contributed by atoms with van der Waals surface area (Å²) in [4.78, 5) is 22.9. The van der Waals surface area contributed by atoms with Crippen LogP contribution in [0.5, 0.6) is 0 Å². The van der Waals surface area contributed by atoms with E-state index in [1.807, 2.05) is 0 Å². The molecule has 0 amide bonds. The highest BCUT2D eigenvalue weighted by molar-refractivity contribution is 5.88. The molecular formula is C31H46O23. The minimum Gasteiger partial charge on any atom is -0.394 e. The first-order chi connectivity index (χ1) is 25.8. The SMILES string of the molecule is O=C(OO[C@H]1[C@@H](O[C@H]2[C@H](O)[C@@H](O)[C@@H](O)O[C@@H]2CO)O[C@H](CO)[C@@H](O[C@H]2O[C@H](CO)[C@@H](O[C@H]3O[C@H](CO)[C@@H](O)[C@H](O)[C@H]3O)[C@H](O)[C@H]2O)[C@@H]1O)c1ccccc1. The standard InChI is InChI=1S/C31H46O23/c32-6-11-15(36)16(37)20(41)29(47-11)50-24-13(8-34)48-30(21(42)18(24)39)51-25-14(9-35)49-31(52-23-12(7-33)46-28(45)19(40)17(23)38)26(22(25)43)53-54-27(44)10-4-2-1-3-5-10/h1-5,11-26,28-43,45H,6-9H2/t11-,12-,13-,14-,15-,16+,17-,18-,19-,20-,21-,22+,23-,24-,25-,26-,28+,29-,30-,31-/m1/s1. The second kappa shape index (κ2) is 18.9. The molecule has 1 aromatic rings. The Morgan fingerprint density at radius 2 is 0.926 bits per heavy atom. The fourth-order valence-corrected chi connectivity index (χ4v) is 6.36. The maximum absolute atomic E-state index is 12.7. The van der Waals surface area contributed by atoms with E-state index in [9.17, 15) is 71.2 Å². The van der Waals surface area contributed by atoms with Gasteiger partial charge in [0.2, 0.25) is 0 Å². The van der Waals surface area contributed by atoms with Crippen molar-refractivity contribution in [2.24, 2.45) is 0 Å². The van der Waals surface area contributed by atoms with Gasteiger partial charge in [-0.3, -0.25) is 4.89 Å². The van der Waals surface area contributed by atoms with Gasteiger partial charge in [-0.15, -0.1) is 0 Å². The van der Waals surface area contributed by atoms with Crippen LogP contribution in [-0.4, -0.2) is 222 Å². The molecule has 0 aromatic heterocycles. The van der Waals surface area contributed by atoms with E-state index in [4.69, 9.17) is 42.9 Å². The van der Waals surface area contributed by atoms with E-state index in [1.165, 1.54) is 24.3 Å². The van der Waals surface area contributed by atoms with Crippen molar-refractivity contribution < 1.29 is 114 Å². The first-order valence-electron chi connectivity index (χ1n) is 16.8. The lowest BCUT2D eigenvalue weighted by atomic mass is 9.95. The molecule has 23 heteroatoms. The summed E-state index contributed by atoms with van der Waals surface area (Å²) in [6, 6.07) is 7.38. The number of aliphatic hydroxyl groups is 13. The van der Waals surface area contributed by atoms with E-state index >= 15 is 0 Å². The van der Waals surface area contributed by atoms with Crippen LogP contribution in [0.3, 0.4) is 0 Å². The quantitative estimate of drug-likeness (QED) is 0.0652. The summed E-state index contributed by atoms with van der Waals surface area (Å²) in [7, 11) is 0. The van der Waals surface area contributed by atoms with Crippen LogP contribution in [0.4, 0.5) is 0 Å². The van der Waals surface area contributed by atoms with Gasteiger partial charge in [0, 0.05) is 0 Å². The minimum atomic E-state index is -2.09. The topological polar surface area (TPSA) is 363 Å². The van der Waals surface area contributed by atoms with Gasteiger partial charge in [0.1, 0.15) is 91.6 Å². The zero-order valence-corrected chi connectivity index (χ0v) is 28.2. The summed E-state index contributed by atoms with van der Waals surface area (Å²) in [5, 5.41) is 135. The molecule has 0 bridgehead atoms. The van der Waals surface area contributed by atoms with Crippen LogP contribution in [-0.2, 0) is 42.9 Å². The molecule has 4 heterocycles. The maximum atomic E-state index is 12.7. The molecule has 23 nitrogen and oxygen atoms in total. The second-order valence-corrected chi connectivity index (χ2v) is 12.9. The smallest absolute Gasteiger partial charge is 0.373 e. The lowest BCUT2D eigenvalue weighted by Gasteiger charge is -2.49. The molecule has 54 heavy (non-hydrogen) atoms. The largest absolute Gasteiger partial charge is 0.394 e. The Kier molecular flexibility index (Phi) is 15.0. The molecule has 0 saturated carbocycles. The van der Waals surface area contributed by atoms with Crippen molar-refractivity contribution in [1.82, 2.24) is 0 Å². The van der Waals surface area contributed by atoms with Gasteiger partial charge < -0.3 is 99.5 Å². The highest BCUT2D eigenvalue weighted by atomic mass is 17.2. The molecule has 5 rings (SSSR count). The Labute approximate surface area is 305 Å². The molecular weight excluding hydrogens is 740 g/mol. The van der Waals surface area contributed by atoms with Gasteiger partial charge in [-0.25, -0.2) is 4.79 Å². The molecule has 308 valence electrons. The average molecular weight is 787 g/mol. The van der Waals surface area contributed by atoms with Gasteiger partial charge in [0.15, 0.2) is 31.3 Å². The zero-order chi connectivity index (χ0) is 39.4. The predicted molar refractivity (Wildman–Crippen MR) is 165 cm³/mol. The number of ether oxygens (including phenoxy) is 7. The van der Waals surface area contributed by atoms with E-state index in [2.05, 4.69) is 0 Å². The lowest BCUT2D eigenvalue weighted by Crippen LogP contribution is -2.67. The second-order valence-electron chi connectivity index (χ2n) is 12.9. The molecule has 1 aromatic carbocycles. The maximum Gasteiger partial charge on any atom is 0.373 e. The third kappa shape index (κ3) is 9.02. The molecule has 20 atom stereocenters. The van der Waals surface area contributed by atoms with E-state index in [0.29, 0.717) is 0 Å². The van der Waals surface area contributed by atoms with Crippen LogP contribution in [0.2, 0.25) is 0 Å². The number of aliphatic hydroxyl groups excluding tert-OH is 13. The van der Waals surface area contributed by atoms with Gasteiger partial charge >= 0.3 is 5.97 Å². The molecule has 0 unspecified atom stereocenters. The molecule has 0 radical (unpaired) electrons. The molecule has 4 fully saturated rings. The van der Waals surface area contributed by atoms with Gasteiger partial charge in [-0.05, 0) is 12.1 Å². The summed E-state index contributed by atoms with van der Waals surface area (Å²) in [5.41, 5.74) is -0.000901. The first kappa shape index (κ1) is 43.0.